The molecule has 59 heavy (non-hydrogen) atoms. The molecular formula is C56H39N3. The number of benzene rings is 9. The number of nitrogens with zero attached hydrogens (tertiary/aromatic N) is 3. The van der Waals surface area contributed by atoms with Crippen LogP contribution in [0.1, 0.15) is 25.0 Å². The zero-order valence-electron chi connectivity index (χ0n) is 32.9. The van der Waals surface area contributed by atoms with Crippen molar-refractivity contribution in [2.24, 2.45) is 0 Å². The van der Waals surface area contributed by atoms with Crippen LogP contribution in [0.5, 0.6) is 0 Å². The van der Waals surface area contributed by atoms with Crippen LogP contribution < -0.4 is 0 Å². The van der Waals surface area contributed by atoms with Crippen molar-refractivity contribution in [3.63, 3.8) is 0 Å². The van der Waals surface area contributed by atoms with Crippen LogP contribution in [0.3, 0.4) is 0 Å². The van der Waals surface area contributed by atoms with Crippen molar-refractivity contribution >= 4 is 21.5 Å². The first-order valence-electron chi connectivity index (χ1n) is 20.3. The van der Waals surface area contributed by atoms with E-state index in [9.17, 15) is 0 Å². The van der Waals surface area contributed by atoms with Crippen LogP contribution in [0.15, 0.2) is 200 Å². The lowest BCUT2D eigenvalue weighted by Crippen LogP contribution is -2.14. The molecule has 1 heterocycles. The lowest BCUT2D eigenvalue weighted by Gasteiger charge is -2.22. The fraction of sp³-hybridized carbons (Fsp3) is 0.0536. The van der Waals surface area contributed by atoms with Crippen molar-refractivity contribution < 1.29 is 0 Å². The summed E-state index contributed by atoms with van der Waals surface area (Å²) in [5, 5.41) is 4.56. The van der Waals surface area contributed by atoms with Crippen molar-refractivity contribution in [1.82, 2.24) is 15.0 Å². The second-order valence-corrected chi connectivity index (χ2v) is 16.0. The molecule has 1 aliphatic carbocycles. The van der Waals surface area contributed by atoms with Gasteiger partial charge in [0.1, 0.15) is 0 Å². The van der Waals surface area contributed by atoms with Crippen molar-refractivity contribution in [2.45, 2.75) is 19.3 Å². The Kier molecular flexibility index (Phi) is 8.16. The summed E-state index contributed by atoms with van der Waals surface area (Å²) in [6.45, 7) is 4.67. The highest BCUT2D eigenvalue weighted by atomic mass is 15.0. The van der Waals surface area contributed by atoms with E-state index < -0.39 is 0 Å². The SMILES string of the molecule is CC1(C)c2ccccc2-c2ccc(-c3ccc4cc(-c5nc(-c6ccc(-c7ccccc7)cc6)nc(-c6ccc(-c7ccccc7)c7ccccc67)n5)ccc4c3)cc21. The molecule has 0 aliphatic heterocycles. The van der Waals surface area contributed by atoms with Gasteiger partial charge in [-0.05, 0) is 101 Å². The Morgan fingerprint density at radius 2 is 0.746 bits per heavy atom. The minimum absolute atomic E-state index is 0.0455. The maximum Gasteiger partial charge on any atom is 0.164 e. The smallest absolute Gasteiger partial charge is 0.164 e. The molecule has 0 amide bonds. The van der Waals surface area contributed by atoms with Crippen LogP contribution in [-0.4, -0.2) is 15.0 Å². The third-order valence-electron chi connectivity index (χ3n) is 12.2. The zero-order chi connectivity index (χ0) is 39.5. The van der Waals surface area contributed by atoms with Gasteiger partial charge in [0.05, 0.1) is 0 Å². The molecule has 0 atom stereocenters. The molecule has 3 nitrogen and oxygen atoms in total. The van der Waals surface area contributed by atoms with Gasteiger partial charge in [0, 0.05) is 22.1 Å². The summed E-state index contributed by atoms with van der Waals surface area (Å²) in [5.74, 6) is 1.92. The van der Waals surface area contributed by atoms with E-state index in [0.717, 1.165) is 38.4 Å². The zero-order valence-corrected chi connectivity index (χ0v) is 32.9. The van der Waals surface area contributed by atoms with Gasteiger partial charge in [-0.1, -0.05) is 190 Å². The fourth-order valence-corrected chi connectivity index (χ4v) is 9.01. The third kappa shape index (κ3) is 6.02. The van der Waals surface area contributed by atoms with Gasteiger partial charge in [-0.3, -0.25) is 0 Å². The first-order chi connectivity index (χ1) is 29.0. The summed E-state index contributed by atoms with van der Waals surface area (Å²) >= 11 is 0. The van der Waals surface area contributed by atoms with E-state index in [-0.39, 0.29) is 5.41 Å². The van der Waals surface area contributed by atoms with Crippen LogP contribution >= 0.6 is 0 Å². The monoisotopic (exact) mass is 753 g/mol. The van der Waals surface area contributed by atoms with Gasteiger partial charge in [0.15, 0.2) is 17.5 Å². The summed E-state index contributed by atoms with van der Waals surface area (Å²) in [6.07, 6.45) is 0. The Balaban J connectivity index is 1.01. The van der Waals surface area contributed by atoms with E-state index in [1.165, 1.54) is 55.5 Å². The molecule has 0 N–H and O–H groups in total. The molecule has 0 saturated carbocycles. The molecule has 11 rings (SSSR count). The Hall–Kier alpha value is -7.49. The average molecular weight is 754 g/mol. The maximum atomic E-state index is 5.23. The topological polar surface area (TPSA) is 38.7 Å². The molecular weight excluding hydrogens is 715 g/mol. The van der Waals surface area contributed by atoms with Crippen LogP contribution in [0.4, 0.5) is 0 Å². The molecule has 10 aromatic rings. The van der Waals surface area contributed by atoms with Crippen LogP contribution in [0.2, 0.25) is 0 Å². The first-order valence-corrected chi connectivity index (χ1v) is 20.3. The van der Waals surface area contributed by atoms with Crippen molar-refractivity contribution in [1.29, 1.82) is 0 Å². The number of fused-ring (bicyclic) bond motifs is 5. The highest BCUT2D eigenvalue weighted by Crippen LogP contribution is 2.49. The van der Waals surface area contributed by atoms with E-state index in [1.54, 1.807) is 0 Å². The van der Waals surface area contributed by atoms with Crippen LogP contribution in [-0.2, 0) is 5.41 Å². The molecule has 1 aromatic heterocycles. The molecule has 278 valence electrons. The van der Waals surface area contributed by atoms with Crippen LogP contribution in [0.25, 0.3) is 100 Å². The fourth-order valence-electron chi connectivity index (χ4n) is 9.01. The maximum absolute atomic E-state index is 5.23. The van der Waals surface area contributed by atoms with E-state index >= 15 is 0 Å². The molecule has 3 heteroatoms. The van der Waals surface area contributed by atoms with E-state index in [4.69, 9.17) is 15.0 Å². The number of hydrogen-bond donors (Lipinski definition) is 0. The Labute approximate surface area is 344 Å². The lowest BCUT2D eigenvalue weighted by atomic mass is 9.81. The molecule has 0 fully saturated rings. The van der Waals surface area contributed by atoms with Gasteiger partial charge in [0.25, 0.3) is 0 Å². The highest BCUT2D eigenvalue weighted by Gasteiger charge is 2.35. The molecule has 0 saturated heterocycles. The van der Waals surface area contributed by atoms with Crippen LogP contribution in [0, 0.1) is 0 Å². The normalized spacial score (nSPS) is 12.7. The number of aromatic nitrogens is 3. The molecule has 9 aromatic carbocycles. The standard InChI is InChI=1S/C56H39N3/c1-56(2)51-20-12-11-19-48(51)49-30-29-43(35-52(49)56)41-25-26-42-34-44(28-27-40(42)33-41)54-57-53(39-23-21-37(22-24-39)36-13-5-3-6-14-36)58-55(59-54)50-32-31-45(38-15-7-4-8-16-38)46-17-9-10-18-47(46)50/h3-35H,1-2H3. The summed E-state index contributed by atoms with van der Waals surface area (Å²) in [5.41, 5.74) is 15.4. The average Bonchev–Trinajstić information content (AvgIpc) is 3.54. The predicted molar refractivity (Wildman–Crippen MR) is 245 cm³/mol. The van der Waals surface area contributed by atoms with Gasteiger partial charge < -0.3 is 0 Å². The second kappa shape index (κ2) is 13.9. The van der Waals surface area contributed by atoms with Gasteiger partial charge in [-0.15, -0.1) is 0 Å². The van der Waals surface area contributed by atoms with Crippen molar-refractivity contribution in [3.8, 4) is 78.7 Å². The third-order valence-corrected chi connectivity index (χ3v) is 12.2. The summed E-state index contributed by atoms with van der Waals surface area (Å²) < 4.78 is 0. The van der Waals surface area contributed by atoms with Crippen molar-refractivity contribution in [2.75, 3.05) is 0 Å². The largest absolute Gasteiger partial charge is 0.208 e. The van der Waals surface area contributed by atoms with E-state index in [1.807, 2.05) is 6.07 Å². The quantitative estimate of drug-likeness (QED) is 0.170. The van der Waals surface area contributed by atoms with E-state index in [0.29, 0.717) is 17.5 Å². The lowest BCUT2D eigenvalue weighted by molar-refractivity contribution is 0.660. The molecule has 0 spiro atoms. The molecule has 0 radical (unpaired) electrons. The second-order valence-electron chi connectivity index (χ2n) is 16.0. The Morgan fingerprint density at radius 1 is 0.288 bits per heavy atom. The minimum Gasteiger partial charge on any atom is -0.208 e. The van der Waals surface area contributed by atoms with Crippen molar-refractivity contribution in [3.05, 3.63) is 211 Å². The number of rotatable bonds is 6. The molecule has 0 bridgehead atoms. The van der Waals surface area contributed by atoms with Gasteiger partial charge >= 0.3 is 0 Å². The first kappa shape index (κ1) is 34.7. The number of hydrogen-bond acceptors (Lipinski definition) is 3. The summed E-state index contributed by atoms with van der Waals surface area (Å²) in [4.78, 5) is 15.6. The predicted octanol–water partition coefficient (Wildman–Crippen LogP) is 14.5. The highest BCUT2D eigenvalue weighted by molar-refractivity contribution is 6.04. The minimum atomic E-state index is -0.0455. The Morgan fingerprint density at radius 3 is 1.49 bits per heavy atom. The Bertz CT molecular complexity index is 3220. The van der Waals surface area contributed by atoms with Gasteiger partial charge in [-0.25, -0.2) is 15.0 Å². The molecule has 1 aliphatic rings. The van der Waals surface area contributed by atoms with Gasteiger partial charge in [0.2, 0.25) is 0 Å². The summed E-state index contributed by atoms with van der Waals surface area (Å²) in [7, 11) is 0. The summed E-state index contributed by atoms with van der Waals surface area (Å²) in [6, 6.07) is 71.5. The van der Waals surface area contributed by atoms with E-state index in [2.05, 4.69) is 208 Å². The van der Waals surface area contributed by atoms with Gasteiger partial charge in [-0.2, -0.15) is 0 Å². The molecule has 0 unspecified atom stereocenters.